The van der Waals surface area contributed by atoms with Crippen LogP contribution in [0.2, 0.25) is 0 Å². The van der Waals surface area contributed by atoms with Gasteiger partial charge in [-0.1, -0.05) is 15.9 Å². The molecule has 1 aliphatic heterocycles. The lowest BCUT2D eigenvalue weighted by atomic mass is 10.0. The number of piperidine rings is 1. The van der Waals surface area contributed by atoms with E-state index in [-0.39, 0.29) is 5.95 Å². The molecule has 1 fully saturated rings. The molecule has 0 N–H and O–H groups in total. The molecule has 3 nitrogen and oxygen atoms in total. The topological polar surface area (TPSA) is 29.0 Å². The Morgan fingerprint density at radius 1 is 1.44 bits per heavy atom. The van der Waals surface area contributed by atoms with E-state index in [2.05, 4.69) is 25.9 Å². The van der Waals surface area contributed by atoms with Crippen LogP contribution in [0.5, 0.6) is 0 Å². The van der Waals surface area contributed by atoms with E-state index in [4.69, 9.17) is 0 Å². The molecule has 0 amide bonds. The molecule has 1 saturated heterocycles. The summed E-state index contributed by atoms with van der Waals surface area (Å²) in [7, 11) is 0. The summed E-state index contributed by atoms with van der Waals surface area (Å²) in [5.74, 6) is 0.618. The van der Waals surface area contributed by atoms with Crippen molar-refractivity contribution < 1.29 is 13.2 Å². The van der Waals surface area contributed by atoms with E-state index in [9.17, 15) is 13.2 Å². The van der Waals surface area contributed by atoms with Gasteiger partial charge >= 0.3 is 6.18 Å². The highest BCUT2D eigenvalue weighted by Crippen LogP contribution is 2.29. The lowest BCUT2D eigenvalue weighted by Crippen LogP contribution is -2.37. The highest BCUT2D eigenvalue weighted by atomic mass is 79.9. The van der Waals surface area contributed by atoms with E-state index in [0.29, 0.717) is 19.0 Å². The smallest absolute Gasteiger partial charge is 0.341 e. The molecule has 1 aromatic rings. The molecule has 18 heavy (non-hydrogen) atoms. The van der Waals surface area contributed by atoms with Gasteiger partial charge in [-0.3, -0.25) is 0 Å². The number of alkyl halides is 4. The van der Waals surface area contributed by atoms with Crippen LogP contribution in [0.3, 0.4) is 0 Å². The van der Waals surface area contributed by atoms with Crippen LogP contribution in [0.15, 0.2) is 12.3 Å². The summed E-state index contributed by atoms with van der Waals surface area (Å²) >= 11 is 3.41. The quantitative estimate of drug-likeness (QED) is 0.783. The van der Waals surface area contributed by atoms with Crippen LogP contribution in [-0.2, 0) is 6.18 Å². The number of rotatable bonds is 2. The van der Waals surface area contributed by atoms with Crippen LogP contribution >= 0.6 is 15.9 Å². The van der Waals surface area contributed by atoms with E-state index in [1.165, 1.54) is 6.20 Å². The summed E-state index contributed by atoms with van der Waals surface area (Å²) in [6.07, 6.45) is -1.21. The maximum absolute atomic E-state index is 12.6. The molecule has 1 atom stereocenters. The standard InChI is InChI=1S/C11H13BrF3N3/c12-6-8-2-1-5-18(7-8)10-16-4-3-9(17-10)11(13,14)15/h3-4,8H,1-2,5-7H2. The van der Waals surface area contributed by atoms with Crippen molar-refractivity contribution in [1.82, 2.24) is 9.97 Å². The van der Waals surface area contributed by atoms with Gasteiger partial charge in [-0.2, -0.15) is 13.2 Å². The monoisotopic (exact) mass is 323 g/mol. The van der Waals surface area contributed by atoms with Gasteiger partial charge in [0.05, 0.1) is 0 Å². The van der Waals surface area contributed by atoms with Crippen LogP contribution in [0.1, 0.15) is 18.5 Å². The van der Waals surface area contributed by atoms with Crippen molar-refractivity contribution in [3.8, 4) is 0 Å². The van der Waals surface area contributed by atoms with Gasteiger partial charge in [0.25, 0.3) is 0 Å². The maximum atomic E-state index is 12.6. The number of halogens is 4. The Bertz CT molecular complexity index is 411. The summed E-state index contributed by atoms with van der Waals surface area (Å²) in [6.45, 7) is 1.41. The fourth-order valence-corrected chi connectivity index (χ4v) is 2.56. The van der Waals surface area contributed by atoms with Crippen molar-refractivity contribution in [2.75, 3.05) is 23.3 Å². The fourth-order valence-electron chi connectivity index (χ4n) is 2.03. The Morgan fingerprint density at radius 3 is 2.89 bits per heavy atom. The average Bonchev–Trinajstić information content (AvgIpc) is 2.38. The molecule has 0 bridgehead atoms. The molecular formula is C11H13BrF3N3. The molecule has 2 heterocycles. The van der Waals surface area contributed by atoms with Crippen molar-refractivity contribution in [3.05, 3.63) is 18.0 Å². The number of aromatic nitrogens is 2. The van der Waals surface area contributed by atoms with Crippen LogP contribution in [0.25, 0.3) is 0 Å². The Balaban J connectivity index is 2.18. The first kappa shape index (κ1) is 13.6. The van der Waals surface area contributed by atoms with Gasteiger partial charge in [0, 0.05) is 24.6 Å². The van der Waals surface area contributed by atoms with Gasteiger partial charge in [0.1, 0.15) is 5.69 Å². The number of hydrogen-bond acceptors (Lipinski definition) is 3. The normalized spacial score (nSPS) is 21.1. The van der Waals surface area contributed by atoms with Crippen LogP contribution in [0.4, 0.5) is 19.1 Å². The van der Waals surface area contributed by atoms with Gasteiger partial charge in [-0.05, 0) is 24.8 Å². The van der Waals surface area contributed by atoms with Gasteiger partial charge in [-0.15, -0.1) is 0 Å². The summed E-state index contributed by atoms with van der Waals surface area (Å²) in [6, 6.07) is 0.898. The second kappa shape index (κ2) is 5.42. The fraction of sp³-hybridized carbons (Fsp3) is 0.636. The Hall–Kier alpha value is -0.850. The van der Waals surface area contributed by atoms with Crippen molar-refractivity contribution in [2.24, 2.45) is 5.92 Å². The van der Waals surface area contributed by atoms with Crippen molar-refractivity contribution >= 4 is 21.9 Å². The van der Waals surface area contributed by atoms with Gasteiger partial charge < -0.3 is 4.90 Å². The SMILES string of the molecule is FC(F)(F)c1ccnc(N2CCCC(CBr)C2)n1. The van der Waals surface area contributed by atoms with E-state index in [0.717, 1.165) is 24.2 Å². The number of nitrogens with zero attached hydrogens (tertiary/aromatic N) is 3. The summed E-state index contributed by atoms with van der Waals surface area (Å²) in [5.41, 5.74) is -0.881. The lowest BCUT2D eigenvalue weighted by molar-refractivity contribution is -0.141. The molecule has 7 heteroatoms. The molecule has 0 saturated carbocycles. The minimum atomic E-state index is -4.41. The molecule has 100 valence electrons. The largest absolute Gasteiger partial charge is 0.433 e. The zero-order chi connectivity index (χ0) is 13.2. The first-order chi connectivity index (χ1) is 8.50. The lowest BCUT2D eigenvalue weighted by Gasteiger charge is -2.32. The predicted molar refractivity (Wildman–Crippen MR) is 65.8 cm³/mol. The summed E-state index contributed by atoms with van der Waals surface area (Å²) < 4.78 is 37.7. The third-order valence-electron chi connectivity index (χ3n) is 2.95. The van der Waals surface area contributed by atoms with Gasteiger partial charge in [0.15, 0.2) is 0 Å². The van der Waals surface area contributed by atoms with Crippen LogP contribution in [0, 0.1) is 5.92 Å². The Kier molecular flexibility index (Phi) is 4.09. The summed E-state index contributed by atoms with van der Waals surface area (Å²) in [5, 5.41) is 0.850. The highest BCUT2D eigenvalue weighted by Gasteiger charge is 2.33. The molecule has 0 aromatic carbocycles. The first-order valence-electron chi connectivity index (χ1n) is 5.72. The maximum Gasteiger partial charge on any atom is 0.433 e. The third kappa shape index (κ3) is 3.13. The zero-order valence-electron chi connectivity index (χ0n) is 9.62. The molecule has 0 spiro atoms. The molecule has 1 unspecified atom stereocenters. The molecule has 1 aromatic heterocycles. The second-order valence-corrected chi connectivity index (χ2v) is 5.00. The van der Waals surface area contributed by atoms with Gasteiger partial charge in [0.2, 0.25) is 5.95 Å². The van der Waals surface area contributed by atoms with Gasteiger partial charge in [-0.25, -0.2) is 9.97 Å². The molecule has 0 aliphatic carbocycles. The zero-order valence-corrected chi connectivity index (χ0v) is 11.2. The number of anilines is 1. The Labute approximate surface area is 112 Å². The predicted octanol–water partition coefficient (Wildman–Crippen LogP) is 3.11. The highest BCUT2D eigenvalue weighted by molar-refractivity contribution is 9.09. The molecule has 0 radical (unpaired) electrons. The van der Waals surface area contributed by atoms with Crippen molar-refractivity contribution in [2.45, 2.75) is 19.0 Å². The van der Waals surface area contributed by atoms with E-state index in [1.54, 1.807) is 0 Å². The first-order valence-corrected chi connectivity index (χ1v) is 6.84. The van der Waals surface area contributed by atoms with Crippen molar-refractivity contribution in [1.29, 1.82) is 0 Å². The summed E-state index contributed by atoms with van der Waals surface area (Å²) in [4.78, 5) is 9.38. The average molecular weight is 324 g/mol. The van der Waals surface area contributed by atoms with E-state index in [1.807, 2.05) is 4.90 Å². The molecule has 2 rings (SSSR count). The minimum absolute atomic E-state index is 0.176. The van der Waals surface area contributed by atoms with E-state index >= 15 is 0 Å². The van der Waals surface area contributed by atoms with E-state index < -0.39 is 11.9 Å². The molecule has 1 aliphatic rings. The Morgan fingerprint density at radius 2 is 2.22 bits per heavy atom. The number of hydrogen-bond donors (Lipinski definition) is 0. The third-order valence-corrected chi connectivity index (χ3v) is 3.87. The molecular weight excluding hydrogens is 311 g/mol. The van der Waals surface area contributed by atoms with Crippen LogP contribution < -0.4 is 4.90 Å². The minimum Gasteiger partial charge on any atom is -0.341 e. The second-order valence-electron chi connectivity index (χ2n) is 4.35. The van der Waals surface area contributed by atoms with Crippen LogP contribution in [-0.4, -0.2) is 28.4 Å². The van der Waals surface area contributed by atoms with Crippen molar-refractivity contribution in [3.63, 3.8) is 0 Å².